The fourth-order valence-electron chi connectivity index (χ4n) is 2.39. The predicted octanol–water partition coefficient (Wildman–Crippen LogP) is 1.40. The van der Waals surface area contributed by atoms with Crippen molar-refractivity contribution >= 4 is 23.2 Å². The number of aromatic nitrogens is 1. The normalized spacial score (nSPS) is 24.5. The van der Waals surface area contributed by atoms with Crippen molar-refractivity contribution < 1.29 is 9.59 Å². The van der Waals surface area contributed by atoms with Gasteiger partial charge in [-0.2, -0.15) is 0 Å². The van der Waals surface area contributed by atoms with E-state index in [9.17, 15) is 9.59 Å². The van der Waals surface area contributed by atoms with Crippen molar-refractivity contribution in [2.24, 2.45) is 5.41 Å². The Balaban J connectivity index is 2.31. The van der Waals surface area contributed by atoms with Gasteiger partial charge in [0.2, 0.25) is 11.8 Å². The van der Waals surface area contributed by atoms with Crippen LogP contribution in [0.1, 0.15) is 32.6 Å². The summed E-state index contributed by atoms with van der Waals surface area (Å²) in [7, 11) is 0. The van der Waals surface area contributed by atoms with Gasteiger partial charge in [-0.3, -0.25) is 14.6 Å². The first-order valence-electron chi connectivity index (χ1n) is 6.29. The first kappa shape index (κ1) is 14.0. The van der Waals surface area contributed by atoms with Crippen molar-refractivity contribution in [2.45, 2.75) is 46.3 Å². The van der Waals surface area contributed by atoms with Gasteiger partial charge in [0.1, 0.15) is 12.1 Å². The molecule has 1 aromatic heterocycles. The Hall–Kier alpha value is -1.43. The molecule has 0 aliphatic carbocycles. The summed E-state index contributed by atoms with van der Waals surface area (Å²) in [6.07, 6.45) is 1.74. The molecule has 5 nitrogen and oxygen atoms in total. The second kappa shape index (κ2) is 4.92. The Labute approximate surface area is 117 Å². The van der Waals surface area contributed by atoms with Gasteiger partial charge in [-0.05, 0) is 12.3 Å². The average Bonchev–Trinajstić information content (AvgIpc) is 2.76. The van der Waals surface area contributed by atoms with E-state index >= 15 is 0 Å². The predicted molar refractivity (Wildman–Crippen MR) is 73.5 cm³/mol. The van der Waals surface area contributed by atoms with E-state index < -0.39 is 12.1 Å². The zero-order valence-electron chi connectivity index (χ0n) is 11.6. The van der Waals surface area contributed by atoms with Crippen LogP contribution in [0.15, 0.2) is 11.7 Å². The highest BCUT2D eigenvalue weighted by molar-refractivity contribution is 7.09. The second-order valence-electron chi connectivity index (χ2n) is 5.93. The third-order valence-corrected chi connectivity index (χ3v) is 3.97. The largest absolute Gasteiger partial charge is 0.343 e. The van der Waals surface area contributed by atoms with E-state index in [1.807, 2.05) is 20.8 Å². The molecular formula is C13H19N3O2S. The number of nitrogens with one attached hydrogen (secondary N) is 1. The number of hydrogen-bond donors (Lipinski definition) is 1. The SMILES string of the molecule is CC1NC(=O)C(C(C)(C)C)N(Cc2cncs2)C1=O. The fourth-order valence-corrected chi connectivity index (χ4v) is 2.98. The zero-order valence-corrected chi connectivity index (χ0v) is 12.5. The van der Waals surface area contributed by atoms with Crippen LogP contribution in [-0.2, 0) is 16.1 Å². The second-order valence-corrected chi connectivity index (χ2v) is 6.90. The third-order valence-electron chi connectivity index (χ3n) is 3.20. The number of nitrogens with zero attached hydrogens (tertiary/aromatic N) is 2. The molecule has 2 rings (SSSR count). The Kier molecular flexibility index (Phi) is 3.62. The number of amides is 2. The molecule has 0 spiro atoms. The molecule has 104 valence electrons. The summed E-state index contributed by atoms with van der Waals surface area (Å²) in [5.41, 5.74) is 1.43. The molecule has 19 heavy (non-hydrogen) atoms. The molecular weight excluding hydrogens is 262 g/mol. The van der Waals surface area contributed by atoms with Crippen LogP contribution < -0.4 is 5.32 Å². The molecule has 2 amide bonds. The van der Waals surface area contributed by atoms with Gasteiger partial charge >= 0.3 is 0 Å². The Bertz CT molecular complexity index is 479. The minimum Gasteiger partial charge on any atom is -0.343 e. The summed E-state index contributed by atoms with van der Waals surface area (Å²) in [6, 6.07) is -0.905. The van der Waals surface area contributed by atoms with Crippen LogP contribution in [0.4, 0.5) is 0 Å². The van der Waals surface area contributed by atoms with E-state index in [2.05, 4.69) is 10.3 Å². The topological polar surface area (TPSA) is 62.3 Å². The maximum atomic E-state index is 12.3. The molecule has 1 aliphatic heterocycles. The van der Waals surface area contributed by atoms with Gasteiger partial charge in [0.15, 0.2) is 0 Å². The molecule has 1 aliphatic rings. The maximum absolute atomic E-state index is 12.3. The first-order chi connectivity index (χ1) is 8.80. The van der Waals surface area contributed by atoms with Gasteiger partial charge in [0.25, 0.3) is 0 Å². The Morgan fingerprint density at radius 3 is 2.63 bits per heavy atom. The molecule has 1 fully saturated rings. The average molecular weight is 281 g/mol. The number of thiazole rings is 1. The van der Waals surface area contributed by atoms with Crippen molar-refractivity contribution in [3.63, 3.8) is 0 Å². The molecule has 2 heterocycles. The molecule has 1 saturated heterocycles. The van der Waals surface area contributed by atoms with Crippen LogP contribution in [0.2, 0.25) is 0 Å². The van der Waals surface area contributed by atoms with Gasteiger partial charge in [-0.1, -0.05) is 20.8 Å². The van der Waals surface area contributed by atoms with Crippen LogP contribution in [0.3, 0.4) is 0 Å². The Morgan fingerprint density at radius 2 is 2.11 bits per heavy atom. The van der Waals surface area contributed by atoms with E-state index in [4.69, 9.17) is 0 Å². The lowest BCUT2D eigenvalue weighted by Crippen LogP contribution is -2.65. The summed E-state index contributed by atoms with van der Waals surface area (Å²) < 4.78 is 0. The lowest BCUT2D eigenvalue weighted by Gasteiger charge is -2.43. The van der Waals surface area contributed by atoms with E-state index in [1.165, 1.54) is 11.3 Å². The number of rotatable bonds is 2. The van der Waals surface area contributed by atoms with Crippen LogP contribution in [-0.4, -0.2) is 33.8 Å². The summed E-state index contributed by atoms with van der Waals surface area (Å²) in [5.74, 6) is -0.114. The highest BCUT2D eigenvalue weighted by Crippen LogP contribution is 2.29. The van der Waals surface area contributed by atoms with Gasteiger partial charge in [0, 0.05) is 11.1 Å². The minimum absolute atomic E-state index is 0.0343. The lowest BCUT2D eigenvalue weighted by atomic mass is 9.83. The van der Waals surface area contributed by atoms with Crippen molar-refractivity contribution in [1.29, 1.82) is 0 Å². The molecule has 1 N–H and O–H groups in total. The first-order valence-corrected chi connectivity index (χ1v) is 7.17. The smallest absolute Gasteiger partial charge is 0.245 e. The van der Waals surface area contributed by atoms with Gasteiger partial charge in [-0.15, -0.1) is 11.3 Å². The van der Waals surface area contributed by atoms with Crippen molar-refractivity contribution in [3.05, 3.63) is 16.6 Å². The van der Waals surface area contributed by atoms with Crippen molar-refractivity contribution in [3.8, 4) is 0 Å². The highest BCUT2D eigenvalue weighted by Gasteiger charge is 2.44. The summed E-state index contributed by atoms with van der Waals surface area (Å²) in [6.45, 7) is 8.09. The molecule has 0 saturated carbocycles. The summed E-state index contributed by atoms with van der Waals surface area (Å²) in [4.78, 5) is 31.3. The number of carbonyl (C=O) groups excluding carboxylic acids is 2. The molecule has 0 radical (unpaired) electrons. The number of hydrogen-bond acceptors (Lipinski definition) is 4. The highest BCUT2D eigenvalue weighted by atomic mass is 32.1. The van der Waals surface area contributed by atoms with Gasteiger partial charge < -0.3 is 10.2 Å². The standard InChI is InChI=1S/C13H19N3O2S/c1-8-12(18)16(6-9-5-14-7-19-9)10(11(17)15-8)13(2,3)4/h5,7-8,10H,6H2,1-4H3,(H,15,17). The van der Waals surface area contributed by atoms with E-state index in [0.717, 1.165) is 4.88 Å². The molecule has 0 bridgehead atoms. The number of carbonyl (C=O) groups is 2. The van der Waals surface area contributed by atoms with Crippen molar-refractivity contribution in [1.82, 2.24) is 15.2 Å². The molecule has 2 unspecified atom stereocenters. The third kappa shape index (κ3) is 2.78. The minimum atomic E-state index is -0.459. The van der Waals surface area contributed by atoms with E-state index in [-0.39, 0.29) is 17.2 Å². The van der Waals surface area contributed by atoms with Gasteiger partial charge in [0.05, 0.1) is 12.1 Å². The fraction of sp³-hybridized carbons (Fsp3) is 0.615. The summed E-state index contributed by atoms with van der Waals surface area (Å²) in [5, 5.41) is 2.75. The van der Waals surface area contributed by atoms with Crippen LogP contribution in [0.25, 0.3) is 0 Å². The number of piperazine rings is 1. The van der Waals surface area contributed by atoms with E-state index in [0.29, 0.717) is 6.54 Å². The molecule has 1 aromatic rings. The van der Waals surface area contributed by atoms with E-state index in [1.54, 1.807) is 23.5 Å². The van der Waals surface area contributed by atoms with Crippen LogP contribution >= 0.6 is 11.3 Å². The molecule has 0 aromatic carbocycles. The molecule has 2 atom stereocenters. The lowest BCUT2D eigenvalue weighted by molar-refractivity contribution is -0.154. The van der Waals surface area contributed by atoms with Crippen molar-refractivity contribution in [2.75, 3.05) is 0 Å². The zero-order chi connectivity index (χ0) is 14.2. The quantitative estimate of drug-likeness (QED) is 0.891. The molecule has 6 heteroatoms. The monoisotopic (exact) mass is 281 g/mol. The van der Waals surface area contributed by atoms with Gasteiger partial charge in [-0.25, -0.2) is 0 Å². The Morgan fingerprint density at radius 1 is 1.42 bits per heavy atom. The van der Waals surface area contributed by atoms with Crippen LogP contribution in [0, 0.1) is 5.41 Å². The van der Waals surface area contributed by atoms with Crippen LogP contribution in [0.5, 0.6) is 0 Å². The summed E-state index contributed by atoms with van der Waals surface area (Å²) >= 11 is 1.50. The maximum Gasteiger partial charge on any atom is 0.245 e.